The fourth-order valence-electron chi connectivity index (χ4n) is 2.33. The summed E-state index contributed by atoms with van der Waals surface area (Å²) in [5, 5.41) is 3.04. The summed E-state index contributed by atoms with van der Waals surface area (Å²) in [4.78, 5) is 12.2. The van der Waals surface area contributed by atoms with Crippen LogP contribution in [0.2, 0.25) is 0 Å². The van der Waals surface area contributed by atoms with E-state index in [0.717, 1.165) is 11.3 Å². The third kappa shape index (κ3) is 3.64. The predicted octanol–water partition coefficient (Wildman–Crippen LogP) is 3.43. The first kappa shape index (κ1) is 17.4. The number of sulfone groups is 1. The van der Waals surface area contributed by atoms with Gasteiger partial charge in [-0.05, 0) is 35.7 Å². The Hall–Kier alpha value is -2.45. The summed E-state index contributed by atoms with van der Waals surface area (Å²) < 4.78 is 44.8. The number of thiophene rings is 1. The lowest BCUT2D eigenvalue weighted by molar-refractivity contribution is 0.0949. The second kappa shape index (κ2) is 7.20. The molecule has 3 aromatic rings. The molecule has 25 heavy (non-hydrogen) atoms. The SMILES string of the molecule is O=C(NC[C@@H](c1ccco1)S(=O)(=O)c1cccs1)c1ccccc1F. The molecule has 0 aliphatic rings. The zero-order valence-corrected chi connectivity index (χ0v) is 14.5. The van der Waals surface area contributed by atoms with Gasteiger partial charge < -0.3 is 9.73 Å². The highest BCUT2D eigenvalue weighted by molar-refractivity contribution is 7.93. The smallest absolute Gasteiger partial charge is 0.254 e. The first-order valence-electron chi connectivity index (χ1n) is 7.33. The maximum atomic E-state index is 13.7. The van der Waals surface area contributed by atoms with E-state index in [4.69, 9.17) is 4.42 Å². The Morgan fingerprint density at radius 1 is 1.16 bits per heavy atom. The van der Waals surface area contributed by atoms with Gasteiger partial charge in [-0.15, -0.1) is 11.3 Å². The van der Waals surface area contributed by atoms with Crippen molar-refractivity contribution in [3.8, 4) is 0 Å². The molecule has 0 fully saturated rings. The van der Waals surface area contributed by atoms with Crippen molar-refractivity contribution >= 4 is 27.1 Å². The number of hydrogen-bond acceptors (Lipinski definition) is 5. The van der Waals surface area contributed by atoms with Crippen molar-refractivity contribution in [2.45, 2.75) is 9.46 Å². The average molecular weight is 379 g/mol. The largest absolute Gasteiger partial charge is 0.468 e. The average Bonchev–Trinajstić information content (AvgIpc) is 3.29. The van der Waals surface area contributed by atoms with Crippen molar-refractivity contribution in [2.75, 3.05) is 6.54 Å². The van der Waals surface area contributed by atoms with Crippen molar-refractivity contribution in [1.29, 1.82) is 0 Å². The summed E-state index contributed by atoms with van der Waals surface area (Å²) in [5.41, 5.74) is -0.144. The van der Waals surface area contributed by atoms with Crippen molar-refractivity contribution in [3.63, 3.8) is 0 Å². The highest BCUT2D eigenvalue weighted by Crippen LogP contribution is 2.31. The quantitative estimate of drug-likeness (QED) is 0.712. The van der Waals surface area contributed by atoms with Crippen LogP contribution in [0.3, 0.4) is 0 Å². The van der Waals surface area contributed by atoms with Gasteiger partial charge in [0.2, 0.25) is 0 Å². The normalized spacial score (nSPS) is 12.7. The van der Waals surface area contributed by atoms with Crippen LogP contribution >= 0.6 is 11.3 Å². The van der Waals surface area contributed by atoms with Crippen LogP contribution in [0.15, 0.2) is 68.8 Å². The Balaban J connectivity index is 1.85. The first-order chi connectivity index (χ1) is 12.0. The van der Waals surface area contributed by atoms with Gasteiger partial charge in [-0.3, -0.25) is 4.79 Å². The number of carbonyl (C=O) groups is 1. The molecule has 2 aromatic heterocycles. The van der Waals surface area contributed by atoms with Gasteiger partial charge in [0, 0.05) is 6.54 Å². The molecule has 1 N–H and O–H groups in total. The van der Waals surface area contributed by atoms with Gasteiger partial charge >= 0.3 is 0 Å². The predicted molar refractivity (Wildman–Crippen MR) is 91.7 cm³/mol. The van der Waals surface area contributed by atoms with Crippen LogP contribution in [0.1, 0.15) is 21.4 Å². The highest BCUT2D eigenvalue weighted by atomic mass is 32.2. The summed E-state index contributed by atoms with van der Waals surface area (Å²) >= 11 is 1.09. The van der Waals surface area contributed by atoms with Gasteiger partial charge in [0.15, 0.2) is 9.84 Å². The van der Waals surface area contributed by atoms with E-state index in [2.05, 4.69) is 5.32 Å². The van der Waals surface area contributed by atoms with Crippen molar-refractivity contribution in [2.24, 2.45) is 0 Å². The fourth-order valence-corrected chi connectivity index (χ4v) is 5.12. The Labute approximate surface area is 148 Å². The lowest BCUT2D eigenvalue weighted by Crippen LogP contribution is -2.32. The Morgan fingerprint density at radius 3 is 2.60 bits per heavy atom. The molecule has 0 aliphatic heterocycles. The molecule has 0 bridgehead atoms. The van der Waals surface area contributed by atoms with E-state index in [1.165, 1.54) is 42.7 Å². The lowest BCUT2D eigenvalue weighted by atomic mass is 10.2. The number of hydrogen-bond donors (Lipinski definition) is 1. The minimum atomic E-state index is -3.75. The van der Waals surface area contributed by atoms with Crippen molar-refractivity contribution < 1.29 is 22.0 Å². The molecule has 0 aliphatic carbocycles. The molecule has 5 nitrogen and oxygen atoms in total. The monoisotopic (exact) mass is 379 g/mol. The number of halogens is 1. The molecule has 0 saturated carbocycles. The van der Waals surface area contributed by atoms with E-state index >= 15 is 0 Å². The second-order valence-corrected chi connectivity index (χ2v) is 8.48. The van der Waals surface area contributed by atoms with E-state index in [0.29, 0.717) is 0 Å². The third-order valence-corrected chi connectivity index (χ3v) is 7.07. The molecule has 0 saturated heterocycles. The van der Waals surface area contributed by atoms with Gasteiger partial charge in [0.1, 0.15) is 21.0 Å². The summed E-state index contributed by atoms with van der Waals surface area (Å²) in [5.74, 6) is -1.14. The van der Waals surface area contributed by atoms with Crippen LogP contribution in [0.4, 0.5) is 4.39 Å². The van der Waals surface area contributed by atoms with Crippen molar-refractivity contribution in [3.05, 3.63) is 77.3 Å². The number of benzene rings is 1. The number of furan rings is 1. The van der Waals surface area contributed by atoms with Crippen molar-refractivity contribution in [1.82, 2.24) is 5.32 Å². The van der Waals surface area contributed by atoms with Gasteiger partial charge in [-0.2, -0.15) is 0 Å². The zero-order chi connectivity index (χ0) is 17.9. The molecule has 1 amide bonds. The molecule has 3 rings (SSSR count). The number of amides is 1. The Kier molecular flexibility index (Phi) is 5.00. The summed E-state index contributed by atoms with van der Waals surface area (Å²) in [6.45, 7) is -0.235. The van der Waals surface area contributed by atoms with Gasteiger partial charge in [-0.25, -0.2) is 12.8 Å². The van der Waals surface area contributed by atoms with E-state index in [1.807, 2.05) is 0 Å². The second-order valence-electron chi connectivity index (χ2n) is 5.17. The minimum Gasteiger partial charge on any atom is -0.468 e. The van der Waals surface area contributed by atoms with E-state index < -0.39 is 26.8 Å². The zero-order valence-electron chi connectivity index (χ0n) is 12.9. The van der Waals surface area contributed by atoms with E-state index in [9.17, 15) is 17.6 Å². The maximum absolute atomic E-state index is 13.7. The topological polar surface area (TPSA) is 76.4 Å². The molecule has 130 valence electrons. The highest BCUT2D eigenvalue weighted by Gasteiger charge is 2.32. The van der Waals surface area contributed by atoms with E-state index in [-0.39, 0.29) is 22.1 Å². The number of nitrogens with one attached hydrogen (secondary N) is 1. The summed E-state index contributed by atoms with van der Waals surface area (Å²) in [6.07, 6.45) is 1.37. The minimum absolute atomic E-state index is 0.144. The van der Waals surface area contributed by atoms with Gasteiger partial charge in [0.25, 0.3) is 5.91 Å². The number of rotatable bonds is 6. The molecular weight excluding hydrogens is 365 g/mol. The van der Waals surface area contributed by atoms with Crippen LogP contribution in [0.25, 0.3) is 0 Å². The number of carbonyl (C=O) groups excluding carboxylic acids is 1. The molecule has 2 heterocycles. The van der Waals surface area contributed by atoms with Gasteiger partial charge in [-0.1, -0.05) is 18.2 Å². The van der Waals surface area contributed by atoms with Crippen LogP contribution in [-0.2, 0) is 9.84 Å². The van der Waals surface area contributed by atoms with Crippen LogP contribution in [0, 0.1) is 5.82 Å². The molecule has 0 radical (unpaired) electrons. The Morgan fingerprint density at radius 2 is 1.96 bits per heavy atom. The van der Waals surface area contributed by atoms with E-state index in [1.54, 1.807) is 17.5 Å². The molecule has 1 atom stereocenters. The standard InChI is InChI=1S/C17H14FNO4S2/c18-13-6-2-1-5-12(13)17(20)19-11-15(14-7-3-9-23-14)25(21,22)16-8-4-10-24-16/h1-10,15H,11H2,(H,19,20)/t15-/m0/s1. The fraction of sp³-hybridized carbons (Fsp3) is 0.118. The van der Waals surface area contributed by atoms with Crippen LogP contribution < -0.4 is 5.32 Å². The third-order valence-electron chi connectivity index (χ3n) is 3.58. The van der Waals surface area contributed by atoms with Gasteiger partial charge in [0.05, 0.1) is 11.8 Å². The maximum Gasteiger partial charge on any atom is 0.254 e. The first-order valence-corrected chi connectivity index (χ1v) is 9.76. The Bertz CT molecular complexity index is 950. The lowest BCUT2D eigenvalue weighted by Gasteiger charge is -2.15. The molecule has 1 aromatic carbocycles. The molecule has 0 spiro atoms. The summed E-state index contributed by atoms with van der Waals surface area (Å²) in [7, 11) is -3.75. The van der Waals surface area contributed by atoms with Crippen LogP contribution in [-0.4, -0.2) is 20.9 Å². The molecular formula is C17H14FNO4S2. The summed E-state index contributed by atoms with van der Waals surface area (Å²) in [6, 6.07) is 11.7. The van der Waals surface area contributed by atoms with Crippen LogP contribution in [0.5, 0.6) is 0 Å². The molecule has 8 heteroatoms. The molecule has 0 unspecified atom stereocenters.